The number of rotatable bonds is 7. The number of nitrogens with one attached hydrogen (secondary N) is 3. The molecule has 8 nitrogen and oxygen atoms in total. The van der Waals surface area contributed by atoms with Crippen molar-refractivity contribution in [3.63, 3.8) is 0 Å². The average molecular weight is 485 g/mol. The minimum absolute atomic E-state index is 0.184. The third-order valence-corrected chi connectivity index (χ3v) is 4.63. The number of amides is 3. The van der Waals surface area contributed by atoms with Crippen molar-refractivity contribution in [2.75, 3.05) is 17.2 Å². The van der Waals surface area contributed by atoms with E-state index < -0.39 is 11.8 Å². The van der Waals surface area contributed by atoms with E-state index in [4.69, 9.17) is 27.9 Å². The van der Waals surface area contributed by atoms with Crippen molar-refractivity contribution in [2.24, 2.45) is 5.10 Å². The summed E-state index contributed by atoms with van der Waals surface area (Å²) >= 11 is 11.8. The van der Waals surface area contributed by atoms with Crippen LogP contribution < -0.4 is 20.8 Å². The maximum Gasteiger partial charge on any atom is 0.329 e. The molecule has 3 amide bonds. The van der Waals surface area contributed by atoms with E-state index in [9.17, 15) is 14.4 Å². The first-order valence-electron chi connectivity index (χ1n) is 9.58. The normalized spacial score (nSPS) is 10.5. The Bertz CT molecular complexity index is 1180. The smallest absolute Gasteiger partial charge is 0.329 e. The highest BCUT2D eigenvalue weighted by Gasteiger charge is 2.14. The van der Waals surface area contributed by atoms with Gasteiger partial charge in [0, 0.05) is 10.7 Å². The third-order valence-electron chi connectivity index (χ3n) is 4.07. The van der Waals surface area contributed by atoms with Crippen LogP contribution in [0, 0.1) is 0 Å². The van der Waals surface area contributed by atoms with Gasteiger partial charge in [-0.3, -0.25) is 14.4 Å². The number of nitrogens with zero attached hydrogens (tertiary/aromatic N) is 1. The second-order valence-corrected chi connectivity index (χ2v) is 7.39. The first-order chi connectivity index (χ1) is 15.9. The molecule has 3 aromatic carbocycles. The molecule has 10 heteroatoms. The molecule has 0 aliphatic carbocycles. The first-order valence-corrected chi connectivity index (χ1v) is 10.3. The van der Waals surface area contributed by atoms with Crippen molar-refractivity contribution in [1.29, 1.82) is 0 Å². The Morgan fingerprint density at radius 2 is 1.64 bits per heavy atom. The van der Waals surface area contributed by atoms with Crippen LogP contribution in [0.4, 0.5) is 11.4 Å². The second kappa shape index (κ2) is 11.7. The number of benzene rings is 3. The monoisotopic (exact) mass is 484 g/mol. The molecule has 0 bridgehead atoms. The number of carbonyl (C=O) groups is 3. The van der Waals surface area contributed by atoms with Crippen molar-refractivity contribution in [3.05, 3.63) is 88.4 Å². The zero-order valence-electron chi connectivity index (χ0n) is 17.0. The van der Waals surface area contributed by atoms with Crippen LogP contribution in [-0.4, -0.2) is 30.5 Å². The summed E-state index contributed by atoms with van der Waals surface area (Å²) in [6, 6.07) is 19.9. The first kappa shape index (κ1) is 23.8. The molecule has 0 heterocycles. The molecule has 3 N–H and O–H groups in total. The van der Waals surface area contributed by atoms with Gasteiger partial charge >= 0.3 is 11.8 Å². The van der Waals surface area contributed by atoms with Gasteiger partial charge in [-0.05, 0) is 60.2 Å². The summed E-state index contributed by atoms with van der Waals surface area (Å²) in [4.78, 5) is 35.7. The lowest BCUT2D eigenvalue weighted by Crippen LogP contribution is -2.32. The Labute approximate surface area is 199 Å². The summed E-state index contributed by atoms with van der Waals surface area (Å²) in [6.07, 6.45) is 1.36. The van der Waals surface area contributed by atoms with E-state index in [1.165, 1.54) is 6.21 Å². The maximum atomic E-state index is 12.0. The van der Waals surface area contributed by atoms with Gasteiger partial charge in [-0.15, -0.1) is 0 Å². The zero-order chi connectivity index (χ0) is 23.6. The van der Waals surface area contributed by atoms with E-state index in [1.807, 2.05) is 0 Å². The molecular formula is C23H18Cl2N4O4. The highest BCUT2D eigenvalue weighted by atomic mass is 35.5. The molecule has 168 valence electrons. The standard InChI is InChI=1S/C23H18Cl2N4O4/c24-16-4-3-5-17(12-16)27-21(30)14-33-18-10-8-15(9-11-18)13-26-29-23(32)22(31)28-20-7-2-1-6-19(20)25/h1-13H,14H2,(H,27,30)(H,28,31)(H,29,32)/b26-13-. The molecule has 0 aliphatic rings. The SMILES string of the molecule is O=C(COc1ccc(/C=N\NC(=O)C(=O)Nc2ccccc2Cl)cc1)Nc1cccc(Cl)c1. The number of halogens is 2. The van der Waals surface area contributed by atoms with Crippen molar-refractivity contribution >= 4 is 58.5 Å². The van der Waals surface area contributed by atoms with Gasteiger partial charge in [0.05, 0.1) is 16.9 Å². The lowest BCUT2D eigenvalue weighted by molar-refractivity contribution is -0.136. The van der Waals surface area contributed by atoms with Crippen molar-refractivity contribution in [2.45, 2.75) is 0 Å². The van der Waals surface area contributed by atoms with Gasteiger partial charge in [0.25, 0.3) is 5.91 Å². The Hall–Kier alpha value is -3.88. The minimum Gasteiger partial charge on any atom is -0.484 e. The largest absolute Gasteiger partial charge is 0.484 e. The molecule has 0 atom stereocenters. The van der Waals surface area contributed by atoms with Crippen LogP contribution in [0.5, 0.6) is 5.75 Å². The van der Waals surface area contributed by atoms with Gasteiger partial charge < -0.3 is 15.4 Å². The number of hydrazone groups is 1. The Morgan fingerprint density at radius 1 is 0.879 bits per heavy atom. The summed E-state index contributed by atoms with van der Waals surface area (Å²) in [5, 5.41) is 9.65. The lowest BCUT2D eigenvalue weighted by Gasteiger charge is -2.08. The van der Waals surface area contributed by atoms with Gasteiger partial charge in [-0.1, -0.05) is 41.4 Å². The number of hydrogen-bond acceptors (Lipinski definition) is 5. The molecule has 0 radical (unpaired) electrons. The van der Waals surface area contributed by atoms with E-state index in [1.54, 1.807) is 72.8 Å². The highest BCUT2D eigenvalue weighted by Crippen LogP contribution is 2.20. The molecule has 0 spiro atoms. The lowest BCUT2D eigenvalue weighted by atomic mass is 10.2. The molecule has 3 rings (SSSR count). The van der Waals surface area contributed by atoms with Gasteiger partial charge in [-0.2, -0.15) is 5.10 Å². The topological polar surface area (TPSA) is 109 Å². The van der Waals surface area contributed by atoms with E-state index in [-0.39, 0.29) is 12.5 Å². The summed E-state index contributed by atoms with van der Waals surface area (Å²) in [7, 11) is 0. The zero-order valence-corrected chi connectivity index (χ0v) is 18.6. The number of ether oxygens (including phenoxy) is 1. The molecule has 0 saturated heterocycles. The summed E-state index contributed by atoms with van der Waals surface area (Å²) in [5.74, 6) is -1.71. The molecule has 3 aromatic rings. The maximum absolute atomic E-state index is 12.0. The second-order valence-electron chi connectivity index (χ2n) is 6.55. The van der Waals surface area contributed by atoms with Crippen LogP contribution in [0.25, 0.3) is 0 Å². The molecule has 0 saturated carbocycles. The predicted octanol–water partition coefficient (Wildman–Crippen LogP) is 4.10. The predicted molar refractivity (Wildman–Crippen MR) is 128 cm³/mol. The third kappa shape index (κ3) is 7.64. The van der Waals surface area contributed by atoms with Crippen LogP contribution in [0.1, 0.15) is 5.56 Å². The van der Waals surface area contributed by atoms with E-state index in [0.29, 0.717) is 32.7 Å². The van der Waals surface area contributed by atoms with Crippen LogP contribution in [-0.2, 0) is 14.4 Å². The molecule has 0 aliphatic heterocycles. The van der Waals surface area contributed by atoms with E-state index >= 15 is 0 Å². The summed E-state index contributed by atoms with van der Waals surface area (Å²) in [6.45, 7) is -0.184. The van der Waals surface area contributed by atoms with Gasteiger partial charge in [-0.25, -0.2) is 5.43 Å². The molecule has 0 unspecified atom stereocenters. The average Bonchev–Trinajstić information content (AvgIpc) is 2.80. The van der Waals surface area contributed by atoms with E-state index in [0.717, 1.165) is 0 Å². The van der Waals surface area contributed by atoms with Gasteiger partial charge in [0.15, 0.2) is 6.61 Å². The number of hydrogen-bond donors (Lipinski definition) is 3. The molecular weight excluding hydrogens is 467 g/mol. The van der Waals surface area contributed by atoms with Crippen molar-refractivity contribution in [3.8, 4) is 5.75 Å². The van der Waals surface area contributed by atoms with Crippen LogP contribution in [0.2, 0.25) is 10.0 Å². The number of anilines is 2. The fraction of sp³-hybridized carbons (Fsp3) is 0.0435. The van der Waals surface area contributed by atoms with Gasteiger partial charge in [0.1, 0.15) is 5.75 Å². The fourth-order valence-corrected chi connectivity index (χ4v) is 2.89. The van der Waals surface area contributed by atoms with Crippen molar-refractivity contribution < 1.29 is 19.1 Å². The Kier molecular flexibility index (Phi) is 8.40. The number of carbonyl (C=O) groups excluding carboxylic acids is 3. The highest BCUT2D eigenvalue weighted by molar-refractivity contribution is 6.41. The molecule has 33 heavy (non-hydrogen) atoms. The quantitative estimate of drug-likeness (QED) is 0.266. The fourth-order valence-electron chi connectivity index (χ4n) is 2.52. The van der Waals surface area contributed by atoms with Crippen molar-refractivity contribution in [1.82, 2.24) is 5.43 Å². The van der Waals surface area contributed by atoms with Crippen LogP contribution in [0.15, 0.2) is 77.9 Å². The molecule has 0 fully saturated rings. The van der Waals surface area contributed by atoms with Gasteiger partial charge in [0.2, 0.25) is 0 Å². The van der Waals surface area contributed by atoms with E-state index in [2.05, 4.69) is 21.2 Å². The Morgan fingerprint density at radius 3 is 2.36 bits per heavy atom. The Balaban J connectivity index is 1.44. The summed E-state index contributed by atoms with van der Waals surface area (Å²) < 4.78 is 5.44. The number of para-hydroxylation sites is 1. The summed E-state index contributed by atoms with van der Waals surface area (Å²) in [5.41, 5.74) is 3.66. The van der Waals surface area contributed by atoms with Crippen LogP contribution in [0.3, 0.4) is 0 Å². The minimum atomic E-state index is -0.947. The molecule has 0 aromatic heterocycles. The van der Waals surface area contributed by atoms with Crippen LogP contribution >= 0.6 is 23.2 Å².